The molecule has 0 atom stereocenters. The van der Waals surface area contributed by atoms with Gasteiger partial charge in [-0.15, -0.1) is 0 Å². The Hall–Kier alpha value is -1.29. The molecule has 1 aromatic rings. The standard InChI is InChI=1S/C7H5ClO4/c1-4-2-5(12-7(8)10)3-6(9)11-4/h2-3H,1H3. The molecule has 0 spiro atoms. The van der Waals surface area contributed by atoms with E-state index in [9.17, 15) is 9.59 Å². The fourth-order valence-electron chi connectivity index (χ4n) is 0.727. The molecule has 64 valence electrons. The van der Waals surface area contributed by atoms with Gasteiger partial charge in [0.2, 0.25) is 0 Å². The van der Waals surface area contributed by atoms with Crippen LogP contribution in [-0.4, -0.2) is 5.43 Å². The van der Waals surface area contributed by atoms with Crippen molar-refractivity contribution in [3.63, 3.8) is 0 Å². The molecular weight excluding hydrogens is 184 g/mol. The van der Waals surface area contributed by atoms with Crippen LogP contribution in [0.4, 0.5) is 4.79 Å². The van der Waals surface area contributed by atoms with Crippen molar-refractivity contribution >= 4 is 17.0 Å². The molecule has 0 unspecified atom stereocenters. The van der Waals surface area contributed by atoms with Crippen LogP contribution in [0.25, 0.3) is 0 Å². The fraction of sp³-hybridized carbons (Fsp3) is 0.143. The van der Waals surface area contributed by atoms with E-state index in [4.69, 9.17) is 11.6 Å². The van der Waals surface area contributed by atoms with Crippen LogP contribution in [-0.2, 0) is 0 Å². The maximum atomic E-state index is 10.7. The number of hydrogen-bond acceptors (Lipinski definition) is 4. The summed E-state index contributed by atoms with van der Waals surface area (Å²) in [4.78, 5) is 20.9. The second-order valence-corrected chi connectivity index (χ2v) is 2.37. The predicted octanol–water partition coefficient (Wildman–Crippen LogP) is 1.69. The van der Waals surface area contributed by atoms with Crippen molar-refractivity contribution < 1.29 is 13.9 Å². The largest absolute Gasteiger partial charge is 0.428 e. The fourth-order valence-corrected chi connectivity index (χ4v) is 0.816. The molecule has 0 radical (unpaired) electrons. The molecule has 0 saturated heterocycles. The van der Waals surface area contributed by atoms with Crippen molar-refractivity contribution in [1.29, 1.82) is 0 Å². The third-order valence-electron chi connectivity index (χ3n) is 1.07. The van der Waals surface area contributed by atoms with Crippen molar-refractivity contribution in [1.82, 2.24) is 0 Å². The van der Waals surface area contributed by atoms with E-state index in [1.165, 1.54) is 6.07 Å². The maximum absolute atomic E-state index is 10.7. The molecule has 0 aliphatic carbocycles. The predicted molar refractivity (Wildman–Crippen MR) is 41.6 cm³/mol. The number of carbonyl (C=O) groups excluding carboxylic acids is 1. The van der Waals surface area contributed by atoms with Crippen LogP contribution in [0.2, 0.25) is 0 Å². The van der Waals surface area contributed by atoms with E-state index in [1.54, 1.807) is 6.92 Å². The molecule has 5 heteroatoms. The van der Waals surface area contributed by atoms with E-state index in [2.05, 4.69) is 9.15 Å². The second kappa shape index (κ2) is 3.40. The zero-order valence-electron chi connectivity index (χ0n) is 6.17. The molecule has 0 aliphatic rings. The summed E-state index contributed by atoms with van der Waals surface area (Å²) in [5.41, 5.74) is -1.57. The van der Waals surface area contributed by atoms with E-state index in [1.807, 2.05) is 0 Å². The zero-order valence-corrected chi connectivity index (χ0v) is 6.92. The molecular formula is C7H5ClO4. The highest BCUT2D eigenvalue weighted by atomic mass is 35.5. The number of ether oxygens (including phenoxy) is 1. The number of halogens is 1. The number of rotatable bonds is 1. The quantitative estimate of drug-likeness (QED) is 0.630. The highest BCUT2D eigenvalue weighted by molar-refractivity contribution is 6.61. The van der Waals surface area contributed by atoms with E-state index >= 15 is 0 Å². The molecule has 0 amide bonds. The lowest BCUT2D eigenvalue weighted by Gasteiger charge is -1.97. The molecule has 0 fully saturated rings. The smallest absolute Gasteiger partial charge is 0.409 e. The van der Waals surface area contributed by atoms with E-state index in [-0.39, 0.29) is 5.75 Å². The summed E-state index contributed by atoms with van der Waals surface area (Å²) in [5, 5.41) is 0. The van der Waals surface area contributed by atoms with Gasteiger partial charge in [0, 0.05) is 17.7 Å². The highest BCUT2D eigenvalue weighted by Crippen LogP contribution is 2.10. The first-order valence-corrected chi connectivity index (χ1v) is 3.45. The summed E-state index contributed by atoms with van der Waals surface area (Å²) >= 11 is 4.92. The van der Waals surface area contributed by atoms with Gasteiger partial charge in [-0.25, -0.2) is 9.59 Å². The highest BCUT2D eigenvalue weighted by Gasteiger charge is 2.02. The molecule has 0 aromatic carbocycles. The Morgan fingerprint density at radius 1 is 1.58 bits per heavy atom. The van der Waals surface area contributed by atoms with Gasteiger partial charge in [-0.05, 0) is 6.92 Å². The first-order valence-electron chi connectivity index (χ1n) is 3.07. The molecule has 0 saturated carbocycles. The zero-order chi connectivity index (χ0) is 9.14. The minimum absolute atomic E-state index is 0.0868. The lowest BCUT2D eigenvalue weighted by molar-refractivity contribution is 0.225. The first kappa shape index (κ1) is 8.80. The van der Waals surface area contributed by atoms with Crippen molar-refractivity contribution in [2.45, 2.75) is 6.92 Å². The van der Waals surface area contributed by atoms with Gasteiger partial charge in [0.1, 0.15) is 11.5 Å². The summed E-state index contributed by atoms with van der Waals surface area (Å²) in [6.07, 6.45) is 0. The summed E-state index contributed by atoms with van der Waals surface area (Å²) in [6, 6.07) is 2.43. The van der Waals surface area contributed by atoms with Gasteiger partial charge in [-0.1, -0.05) is 0 Å². The van der Waals surface area contributed by atoms with E-state index in [0.29, 0.717) is 5.76 Å². The number of hydrogen-bond donors (Lipinski definition) is 0. The molecule has 0 N–H and O–H groups in total. The van der Waals surface area contributed by atoms with Gasteiger partial charge in [0.15, 0.2) is 0 Å². The normalized spacial score (nSPS) is 9.50. The number of carbonyl (C=O) groups is 1. The second-order valence-electron chi connectivity index (χ2n) is 2.06. The van der Waals surface area contributed by atoms with E-state index in [0.717, 1.165) is 6.07 Å². The monoisotopic (exact) mass is 188 g/mol. The Labute approximate surface area is 72.7 Å². The summed E-state index contributed by atoms with van der Waals surface area (Å²) in [6.45, 7) is 1.56. The van der Waals surface area contributed by atoms with Crippen molar-refractivity contribution in [3.05, 3.63) is 28.3 Å². The lowest BCUT2D eigenvalue weighted by Crippen LogP contribution is -2.02. The van der Waals surface area contributed by atoms with Crippen molar-refractivity contribution in [3.8, 4) is 5.75 Å². The van der Waals surface area contributed by atoms with Crippen LogP contribution in [0.15, 0.2) is 21.3 Å². The molecule has 0 bridgehead atoms. The van der Waals surface area contributed by atoms with Crippen LogP contribution in [0, 0.1) is 6.92 Å². The molecule has 0 aliphatic heterocycles. The van der Waals surface area contributed by atoms with Gasteiger partial charge in [0.05, 0.1) is 6.07 Å². The summed E-state index contributed by atoms with van der Waals surface area (Å²) in [7, 11) is 0. The van der Waals surface area contributed by atoms with Gasteiger partial charge < -0.3 is 9.15 Å². The van der Waals surface area contributed by atoms with Crippen LogP contribution >= 0.6 is 11.6 Å². The van der Waals surface area contributed by atoms with Crippen LogP contribution < -0.4 is 10.4 Å². The Morgan fingerprint density at radius 2 is 2.25 bits per heavy atom. The van der Waals surface area contributed by atoms with Crippen LogP contribution in [0.3, 0.4) is 0 Å². The molecule has 1 aromatic heterocycles. The summed E-state index contributed by atoms with van der Waals surface area (Å²) < 4.78 is 9.05. The average Bonchev–Trinajstić information content (AvgIpc) is 1.81. The van der Waals surface area contributed by atoms with Gasteiger partial charge in [0.25, 0.3) is 0 Å². The third kappa shape index (κ3) is 2.39. The maximum Gasteiger partial charge on any atom is 0.409 e. The molecule has 4 nitrogen and oxygen atoms in total. The minimum atomic E-state index is -0.986. The van der Waals surface area contributed by atoms with Crippen molar-refractivity contribution in [2.75, 3.05) is 0 Å². The Morgan fingerprint density at radius 3 is 2.75 bits per heavy atom. The number of aryl methyl sites for hydroxylation is 1. The Balaban J connectivity index is 3.01. The average molecular weight is 189 g/mol. The minimum Gasteiger partial charge on any atom is -0.428 e. The Bertz CT molecular complexity index is 355. The SMILES string of the molecule is Cc1cc(OC(=O)Cl)cc(=O)o1. The first-order chi connectivity index (χ1) is 5.58. The van der Waals surface area contributed by atoms with Gasteiger partial charge in [-0.2, -0.15) is 0 Å². The molecule has 1 rings (SSSR count). The third-order valence-corrected chi connectivity index (χ3v) is 1.14. The van der Waals surface area contributed by atoms with Gasteiger partial charge >= 0.3 is 11.1 Å². The summed E-state index contributed by atoms with van der Waals surface area (Å²) in [5.74, 6) is 0.444. The van der Waals surface area contributed by atoms with Crippen molar-refractivity contribution in [2.24, 2.45) is 0 Å². The lowest BCUT2D eigenvalue weighted by atomic mass is 10.4. The topological polar surface area (TPSA) is 56.5 Å². The van der Waals surface area contributed by atoms with Gasteiger partial charge in [-0.3, -0.25) is 0 Å². The van der Waals surface area contributed by atoms with Crippen LogP contribution in [0.1, 0.15) is 5.76 Å². The Kier molecular flexibility index (Phi) is 2.50. The van der Waals surface area contributed by atoms with Crippen LogP contribution in [0.5, 0.6) is 5.75 Å². The molecule has 12 heavy (non-hydrogen) atoms. The molecule has 1 heterocycles. The van der Waals surface area contributed by atoms with E-state index < -0.39 is 11.1 Å².